The molecule has 0 amide bonds. The highest BCUT2D eigenvalue weighted by Crippen LogP contribution is 2.33. The van der Waals surface area contributed by atoms with Crippen LogP contribution < -0.4 is 5.32 Å². The molecule has 0 bridgehead atoms. The molecule has 1 unspecified atom stereocenters. The second-order valence-electron chi connectivity index (χ2n) is 6.56. The van der Waals surface area contributed by atoms with Crippen molar-refractivity contribution in [3.8, 4) is 0 Å². The number of carbonyl (C=O) groups excluding carboxylic acids is 1. The van der Waals surface area contributed by atoms with Gasteiger partial charge in [-0.25, -0.2) is 4.79 Å². The van der Waals surface area contributed by atoms with Gasteiger partial charge in [-0.3, -0.25) is 5.32 Å². The Labute approximate surface area is 125 Å². The monoisotopic (exact) mass is 295 g/mol. The third-order valence-electron chi connectivity index (χ3n) is 3.84. The van der Waals surface area contributed by atoms with Gasteiger partial charge in [0, 0.05) is 15.8 Å². The molecule has 0 radical (unpaired) electrons. The predicted octanol–water partition coefficient (Wildman–Crippen LogP) is 3.79. The van der Waals surface area contributed by atoms with Crippen LogP contribution in [0.15, 0.2) is 12.1 Å². The van der Waals surface area contributed by atoms with Gasteiger partial charge in [0.05, 0.1) is 7.11 Å². The molecule has 0 aromatic carbocycles. The summed E-state index contributed by atoms with van der Waals surface area (Å²) in [4.78, 5) is 14.4. The number of ether oxygens (including phenoxy) is 1. The Bertz CT molecular complexity index is 455. The van der Waals surface area contributed by atoms with Crippen molar-refractivity contribution in [1.82, 2.24) is 5.32 Å². The van der Waals surface area contributed by atoms with Crippen molar-refractivity contribution in [1.29, 1.82) is 0 Å². The van der Waals surface area contributed by atoms with Crippen LogP contribution >= 0.6 is 11.3 Å². The maximum atomic E-state index is 12.1. The van der Waals surface area contributed by atoms with Crippen molar-refractivity contribution >= 4 is 17.3 Å². The van der Waals surface area contributed by atoms with Gasteiger partial charge in [-0.2, -0.15) is 0 Å². The van der Waals surface area contributed by atoms with Crippen LogP contribution in [-0.4, -0.2) is 19.1 Å². The van der Waals surface area contributed by atoms with E-state index in [4.69, 9.17) is 4.74 Å². The number of rotatable bonds is 4. The minimum Gasteiger partial charge on any atom is -0.468 e. The number of hydrogen-bond acceptors (Lipinski definition) is 4. The number of carbonyl (C=O) groups is 1. The lowest BCUT2D eigenvalue weighted by Gasteiger charge is -2.20. The summed E-state index contributed by atoms with van der Waals surface area (Å²) in [5.74, 6) is -0.181. The lowest BCUT2D eigenvalue weighted by molar-refractivity contribution is -0.143. The summed E-state index contributed by atoms with van der Waals surface area (Å²) in [5.41, 5.74) is 0.122. The maximum Gasteiger partial charge on any atom is 0.328 e. The molecular weight excluding hydrogens is 270 g/mol. The molecule has 1 aromatic rings. The maximum absolute atomic E-state index is 12.1. The Morgan fingerprint density at radius 1 is 1.35 bits per heavy atom. The van der Waals surface area contributed by atoms with Gasteiger partial charge < -0.3 is 4.74 Å². The smallest absolute Gasteiger partial charge is 0.328 e. The third-order valence-corrected chi connectivity index (χ3v) is 5.42. The Kier molecular flexibility index (Phi) is 4.86. The summed E-state index contributed by atoms with van der Waals surface area (Å²) in [7, 11) is 1.46. The van der Waals surface area contributed by atoms with Gasteiger partial charge in [0.1, 0.15) is 6.04 Å². The van der Waals surface area contributed by atoms with Gasteiger partial charge in [0.15, 0.2) is 0 Å². The van der Waals surface area contributed by atoms with E-state index in [2.05, 4.69) is 38.2 Å². The molecule has 0 saturated heterocycles. The van der Waals surface area contributed by atoms with Crippen LogP contribution in [-0.2, 0) is 14.9 Å². The average Bonchev–Trinajstić information content (AvgIpc) is 3.05. The molecular formula is C16H25NO2S. The van der Waals surface area contributed by atoms with Crippen LogP contribution in [0.5, 0.6) is 0 Å². The van der Waals surface area contributed by atoms with Crippen molar-refractivity contribution in [2.75, 3.05) is 7.11 Å². The predicted molar refractivity (Wildman–Crippen MR) is 83.2 cm³/mol. The largest absolute Gasteiger partial charge is 0.468 e. The molecule has 20 heavy (non-hydrogen) atoms. The molecule has 112 valence electrons. The topological polar surface area (TPSA) is 38.3 Å². The second-order valence-corrected chi connectivity index (χ2v) is 7.67. The van der Waals surface area contributed by atoms with E-state index in [-0.39, 0.29) is 17.4 Å². The van der Waals surface area contributed by atoms with Crippen LogP contribution in [0.2, 0.25) is 0 Å². The van der Waals surface area contributed by atoms with E-state index in [9.17, 15) is 4.79 Å². The highest BCUT2D eigenvalue weighted by molar-refractivity contribution is 7.12. The van der Waals surface area contributed by atoms with E-state index in [0.717, 1.165) is 17.7 Å². The number of nitrogens with one attached hydrogen (secondary N) is 1. The molecule has 0 aliphatic heterocycles. The first-order valence-corrected chi connectivity index (χ1v) is 8.17. The quantitative estimate of drug-likeness (QED) is 0.859. The summed E-state index contributed by atoms with van der Waals surface area (Å²) in [6.45, 7) is 6.58. The summed E-state index contributed by atoms with van der Waals surface area (Å²) < 4.78 is 4.98. The van der Waals surface area contributed by atoms with Gasteiger partial charge in [-0.15, -0.1) is 11.3 Å². The first-order valence-electron chi connectivity index (χ1n) is 7.36. The van der Waals surface area contributed by atoms with E-state index in [1.165, 1.54) is 24.8 Å². The fraction of sp³-hybridized carbons (Fsp3) is 0.688. The van der Waals surface area contributed by atoms with Crippen LogP contribution in [0.3, 0.4) is 0 Å². The van der Waals surface area contributed by atoms with E-state index in [1.54, 1.807) is 11.3 Å². The zero-order valence-corrected chi connectivity index (χ0v) is 13.7. The minimum atomic E-state index is -0.316. The van der Waals surface area contributed by atoms with E-state index in [0.29, 0.717) is 6.04 Å². The summed E-state index contributed by atoms with van der Waals surface area (Å²) >= 11 is 1.71. The van der Waals surface area contributed by atoms with Crippen molar-refractivity contribution in [2.24, 2.45) is 0 Å². The fourth-order valence-corrected chi connectivity index (χ4v) is 3.74. The van der Waals surface area contributed by atoms with Gasteiger partial charge in [-0.1, -0.05) is 33.6 Å². The van der Waals surface area contributed by atoms with Crippen molar-refractivity contribution in [3.63, 3.8) is 0 Å². The van der Waals surface area contributed by atoms with Crippen molar-refractivity contribution in [3.05, 3.63) is 21.9 Å². The van der Waals surface area contributed by atoms with E-state index in [1.807, 2.05) is 0 Å². The Morgan fingerprint density at radius 3 is 2.50 bits per heavy atom. The second kappa shape index (κ2) is 6.27. The highest BCUT2D eigenvalue weighted by atomic mass is 32.1. The van der Waals surface area contributed by atoms with Crippen LogP contribution in [0.4, 0.5) is 0 Å². The summed E-state index contributed by atoms with van der Waals surface area (Å²) in [6, 6.07) is 4.32. The molecule has 1 atom stereocenters. The molecule has 1 saturated carbocycles. The molecule has 1 aromatic heterocycles. The van der Waals surface area contributed by atoms with Crippen LogP contribution in [0.25, 0.3) is 0 Å². The molecule has 3 nitrogen and oxygen atoms in total. The zero-order chi connectivity index (χ0) is 14.8. The van der Waals surface area contributed by atoms with Crippen LogP contribution in [0, 0.1) is 0 Å². The fourth-order valence-electron chi connectivity index (χ4n) is 2.62. The lowest BCUT2D eigenvalue weighted by atomic mass is 9.95. The van der Waals surface area contributed by atoms with Gasteiger partial charge in [-0.05, 0) is 30.4 Å². The Hall–Kier alpha value is -0.870. The normalized spacial score (nSPS) is 18.2. The molecule has 1 aliphatic rings. The Balaban J connectivity index is 2.17. The third kappa shape index (κ3) is 3.61. The summed E-state index contributed by atoms with van der Waals surface area (Å²) in [5, 5.41) is 3.48. The highest BCUT2D eigenvalue weighted by Gasteiger charge is 2.28. The van der Waals surface area contributed by atoms with Crippen molar-refractivity contribution in [2.45, 2.75) is 64.0 Å². The summed E-state index contributed by atoms with van der Waals surface area (Å²) in [6.07, 6.45) is 4.82. The molecule has 1 N–H and O–H groups in total. The average molecular weight is 295 g/mol. The molecule has 1 aliphatic carbocycles. The molecule has 0 spiro atoms. The number of esters is 1. The van der Waals surface area contributed by atoms with Gasteiger partial charge in [0.2, 0.25) is 0 Å². The minimum absolute atomic E-state index is 0.122. The first-order chi connectivity index (χ1) is 9.41. The SMILES string of the molecule is COC(=O)C(NC1CCCC1)c1ccc(C(C)(C)C)s1. The molecule has 2 rings (SSSR count). The van der Waals surface area contributed by atoms with Gasteiger partial charge >= 0.3 is 5.97 Å². The number of methoxy groups -OCH3 is 1. The molecule has 1 fully saturated rings. The van der Waals surface area contributed by atoms with Gasteiger partial charge in [0.25, 0.3) is 0 Å². The number of thiophene rings is 1. The zero-order valence-electron chi connectivity index (χ0n) is 12.9. The van der Waals surface area contributed by atoms with E-state index >= 15 is 0 Å². The van der Waals surface area contributed by atoms with E-state index < -0.39 is 0 Å². The van der Waals surface area contributed by atoms with Crippen molar-refractivity contribution < 1.29 is 9.53 Å². The number of hydrogen-bond donors (Lipinski definition) is 1. The standard InChI is InChI=1S/C16H25NO2S/c1-16(2,3)13-10-9-12(20-13)14(15(18)19-4)17-11-7-5-6-8-11/h9-11,14,17H,5-8H2,1-4H3. The lowest BCUT2D eigenvalue weighted by Crippen LogP contribution is -2.35. The molecule has 1 heterocycles. The van der Waals surface area contributed by atoms with Crippen LogP contribution in [0.1, 0.15) is 62.3 Å². The Morgan fingerprint density at radius 2 is 2.00 bits per heavy atom. The first kappa shape index (κ1) is 15.5. The molecule has 4 heteroatoms.